The fourth-order valence-electron chi connectivity index (χ4n) is 1.71. The molecule has 0 aromatic heterocycles. The second kappa shape index (κ2) is 7.14. The second-order valence-electron chi connectivity index (χ2n) is 4.42. The summed E-state index contributed by atoms with van der Waals surface area (Å²) in [6.45, 7) is 5.14. The van der Waals surface area contributed by atoms with Crippen LogP contribution in [-0.2, 0) is 9.59 Å². The molecule has 0 bridgehead atoms. The molecule has 5 nitrogen and oxygen atoms in total. The van der Waals surface area contributed by atoms with Gasteiger partial charge in [-0.2, -0.15) is 0 Å². The normalized spacial score (nSPS) is 11.8. The van der Waals surface area contributed by atoms with Gasteiger partial charge >= 0.3 is 5.97 Å². The van der Waals surface area contributed by atoms with Gasteiger partial charge in [-0.05, 0) is 44.5 Å². The Balaban J connectivity index is 2.73. The van der Waals surface area contributed by atoms with Crippen molar-refractivity contribution < 1.29 is 19.4 Å². The van der Waals surface area contributed by atoms with E-state index < -0.39 is 12.1 Å². The number of carboxylic acid groups (broad SMARTS) is 1. The Hall–Kier alpha value is -1.75. The average Bonchev–Trinajstić information content (AvgIpc) is 2.39. The molecule has 1 aromatic carbocycles. The summed E-state index contributed by atoms with van der Waals surface area (Å²) in [6, 6.07) is 5.10. The van der Waals surface area contributed by atoms with Gasteiger partial charge in [-0.15, -0.1) is 0 Å². The van der Waals surface area contributed by atoms with E-state index in [-0.39, 0.29) is 12.5 Å². The smallest absolute Gasteiger partial charge is 0.323 e. The number of rotatable bonds is 6. The first-order valence-corrected chi connectivity index (χ1v) is 6.66. The molecule has 0 fully saturated rings. The van der Waals surface area contributed by atoms with Crippen LogP contribution in [0.4, 0.5) is 0 Å². The highest BCUT2D eigenvalue weighted by Crippen LogP contribution is 2.22. The van der Waals surface area contributed by atoms with Crippen molar-refractivity contribution in [1.29, 1.82) is 0 Å². The van der Waals surface area contributed by atoms with Crippen LogP contribution in [0.25, 0.3) is 0 Å². The number of ether oxygens (including phenoxy) is 1. The molecular weight excluding hydrogens is 282 g/mol. The SMILES string of the molecule is CCN(CC(=O)O)C(=O)C(C)Oc1ccc(Cl)c(C)c1. The van der Waals surface area contributed by atoms with Crippen LogP contribution in [-0.4, -0.2) is 41.1 Å². The number of nitrogens with zero attached hydrogens (tertiary/aromatic N) is 1. The molecule has 0 aliphatic rings. The lowest BCUT2D eigenvalue weighted by Crippen LogP contribution is -2.43. The molecule has 0 heterocycles. The third-order valence-electron chi connectivity index (χ3n) is 2.81. The van der Waals surface area contributed by atoms with Gasteiger partial charge in [-0.25, -0.2) is 0 Å². The van der Waals surface area contributed by atoms with Gasteiger partial charge in [0.05, 0.1) is 0 Å². The monoisotopic (exact) mass is 299 g/mol. The van der Waals surface area contributed by atoms with Gasteiger partial charge in [0.1, 0.15) is 12.3 Å². The summed E-state index contributed by atoms with van der Waals surface area (Å²) in [6.07, 6.45) is -0.755. The maximum atomic E-state index is 12.1. The zero-order valence-electron chi connectivity index (χ0n) is 11.7. The van der Waals surface area contributed by atoms with E-state index in [9.17, 15) is 9.59 Å². The first kappa shape index (κ1) is 16.3. The molecular formula is C14H18ClNO4. The Morgan fingerprint density at radius 1 is 1.45 bits per heavy atom. The first-order valence-electron chi connectivity index (χ1n) is 6.28. The summed E-state index contributed by atoms with van der Waals surface area (Å²) in [7, 11) is 0. The van der Waals surface area contributed by atoms with Crippen molar-refractivity contribution in [1.82, 2.24) is 4.90 Å². The van der Waals surface area contributed by atoms with Crippen molar-refractivity contribution >= 4 is 23.5 Å². The van der Waals surface area contributed by atoms with Crippen LogP contribution in [0, 0.1) is 6.92 Å². The van der Waals surface area contributed by atoms with E-state index in [0.717, 1.165) is 5.56 Å². The molecule has 1 unspecified atom stereocenters. The summed E-state index contributed by atoms with van der Waals surface area (Å²) in [5, 5.41) is 9.38. The number of hydrogen-bond acceptors (Lipinski definition) is 3. The van der Waals surface area contributed by atoms with Crippen LogP contribution in [0.2, 0.25) is 5.02 Å². The molecule has 1 aromatic rings. The molecule has 1 atom stereocenters. The lowest BCUT2D eigenvalue weighted by Gasteiger charge is -2.23. The maximum Gasteiger partial charge on any atom is 0.323 e. The molecule has 0 saturated heterocycles. The van der Waals surface area contributed by atoms with Crippen molar-refractivity contribution in [3.8, 4) is 5.75 Å². The average molecular weight is 300 g/mol. The highest BCUT2D eigenvalue weighted by Gasteiger charge is 2.22. The molecule has 6 heteroatoms. The van der Waals surface area contributed by atoms with Gasteiger partial charge in [0.25, 0.3) is 5.91 Å². The highest BCUT2D eigenvalue weighted by atomic mass is 35.5. The number of aliphatic carboxylic acids is 1. The minimum absolute atomic E-state index is 0.318. The van der Waals surface area contributed by atoms with Gasteiger partial charge in [-0.1, -0.05) is 11.6 Å². The zero-order chi connectivity index (χ0) is 15.3. The number of hydrogen-bond donors (Lipinski definition) is 1. The van der Waals surface area contributed by atoms with E-state index in [2.05, 4.69) is 0 Å². The van der Waals surface area contributed by atoms with Crippen LogP contribution < -0.4 is 4.74 Å². The Bertz CT molecular complexity index is 504. The fraction of sp³-hybridized carbons (Fsp3) is 0.429. The molecule has 1 amide bonds. The van der Waals surface area contributed by atoms with Gasteiger partial charge in [0.2, 0.25) is 0 Å². The quantitative estimate of drug-likeness (QED) is 0.875. The van der Waals surface area contributed by atoms with Crippen molar-refractivity contribution in [2.45, 2.75) is 26.9 Å². The fourth-order valence-corrected chi connectivity index (χ4v) is 1.83. The lowest BCUT2D eigenvalue weighted by molar-refractivity contribution is -0.147. The summed E-state index contributed by atoms with van der Waals surface area (Å²) in [5.74, 6) is -0.878. The molecule has 1 N–H and O–H groups in total. The standard InChI is InChI=1S/C14H18ClNO4/c1-4-16(8-13(17)18)14(19)10(3)20-11-5-6-12(15)9(2)7-11/h5-7,10H,4,8H2,1-3H3,(H,17,18). The minimum atomic E-state index is -1.05. The van der Waals surface area contributed by atoms with Crippen LogP contribution in [0.5, 0.6) is 5.75 Å². The lowest BCUT2D eigenvalue weighted by atomic mass is 10.2. The van der Waals surface area contributed by atoms with Crippen LogP contribution in [0.1, 0.15) is 19.4 Å². The van der Waals surface area contributed by atoms with Crippen LogP contribution >= 0.6 is 11.6 Å². The molecule has 0 saturated carbocycles. The van der Waals surface area contributed by atoms with Crippen LogP contribution in [0.3, 0.4) is 0 Å². The third-order valence-corrected chi connectivity index (χ3v) is 3.23. The Kier molecular flexibility index (Phi) is 5.82. The number of carbonyl (C=O) groups is 2. The van der Waals surface area contributed by atoms with E-state index in [1.165, 1.54) is 4.90 Å². The van der Waals surface area contributed by atoms with Gasteiger partial charge in [-0.3, -0.25) is 9.59 Å². The maximum absolute atomic E-state index is 12.1. The number of likely N-dealkylation sites (N-methyl/N-ethyl adjacent to an activating group) is 1. The number of halogens is 1. The molecule has 1 rings (SSSR count). The van der Waals surface area contributed by atoms with Gasteiger partial charge in [0, 0.05) is 11.6 Å². The van der Waals surface area contributed by atoms with E-state index in [1.54, 1.807) is 32.0 Å². The van der Waals surface area contributed by atoms with E-state index in [0.29, 0.717) is 17.3 Å². The number of amides is 1. The molecule has 0 radical (unpaired) electrons. The number of carboxylic acids is 1. The second-order valence-corrected chi connectivity index (χ2v) is 4.82. The van der Waals surface area contributed by atoms with E-state index >= 15 is 0 Å². The summed E-state index contributed by atoms with van der Waals surface area (Å²) >= 11 is 5.91. The highest BCUT2D eigenvalue weighted by molar-refractivity contribution is 6.31. The largest absolute Gasteiger partial charge is 0.481 e. The Morgan fingerprint density at radius 3 is 2.60 bits per heavy atom. The van der Waals surface area contributed by atoms with Crippen molar-refractivity contribution in [3.05, 3.63) is 28.8 Å². The first-order chi connectivity index (χ1) is 9.35. The predicted molar refractivity (Wildman–Crippen MR) is 76.2 cm³/mol. The number of benzene rings is 1. The van der Waals surface area contributed by atoms with Crippen molar-refractivity contribution in [2.24, 2.45) is 0 Å². The zero-order valence-corrected chi connectivity index (χ0v) is 12.5. The number of aryl methyl sites for hydroxylation is 1. The predicted octanol–water partition coefficient (Wildman–Crippen LogP) is 2.35. The Labute approximate surface area is 123 Å². The summed E-state index contributed by atoms with van der Waals surface area (Å²) < 4.78 is 5.53. The minimum Gasteiger partial charge on any atom is -0.481 e. The topological polar surface area (TPSA) is 66.8 Å². The molecule has 110 valence electrons. The third kappa shape index (κ3) is 4.42. The molecule has 0 spiro atoms. The van der Waals surface area contributed by atoms with E-state index in [4.69, 9.17) is 21.4 Å². The summed E-state index contributed by atoms with van der Waals surface area (Å²) in [5.41, 5.74) is 0.849. The van der Waals surface area contributed by atoms with Crippen molar-refractivity contribution in [2.75, 3.05) is 13.1 Å². The number of carbonyl (C=O) groups excluding carboxylic acids is 1. The van der Waals surface area contributed by atoms with Gasteiger partial charge in [0.15, 0.2) is 6.10 Å². The van der Waals surface area contributed by atoms with Crippen molar-refractivity contribution in [3.63, 3.8) is 0 Å². The Morgan fingerprint density at radius 2 is 2.10 bits per heavy atom. The summed E-state index contributed by atoms with van der Waals surface area (Å²) in [4.78, 5) is 24.0. The van der Waals surface area contributed by atoms with Gasteiger partial charge < -0.3 is 14.7 Å². The molecule has 20 heavy (non-hydrogen) atoms. The molecule has 0 aliphatic carbocycles. The van der Waals surface area contributed by atoms with Crippen LogP contribution in [0.15, 0.2) is 18.2 Å². The van der Waals surface area contributed by atoms with E-state index in [1.807, 2.05) is 6.92 Å². The molecule has 0 aliphatic heterocycles.